The van der Waals surface area contributed by atoms with E-state index in [1.807, 2.05) is 7.05 Å². The van der Waals surface area contributed by atoms with Gasteiger partial charge >= 0.3 is 0 Å². The Labute approximate surface area is 93.6 Å². The van der Waals surface area contributed by atoms with Crippen molar-refractivity contribution in [2.45, 2.75) is 19.1 Å². The predicted molar refractivity (Wildman–Crippen MR) is 60.1 cm³/mol. The lowest BCUT2D eigenvalue weighted by Gasteiger charge is -2.14. The lowest BCUT2D eigenvalue weighted by Crippen LogP contribution is -2.22. The number of nitrogens with one attached hydrogen (secondary N) is 1. The Bertz CT molecular complexity index is 317. The molecule has 1 aliphatic heterocycles. The van der Waals surface area contributed by atoms with E-state index >= 15 is 0 Å². The third-order valence-corrected chi connectivity index (χ3v) is 3.50. The minimum absolute atomic E-state index is 0.384. The number of aromatic nitrogens is 2. The molecule has 15 heavy (non-hydrogen) atoms. The molecule has 0 aromatic carbocycles. The van der Waals surface area contributed by atoms with E-state index in [2.05, 4.69) is 19.8 Å². The highest BCUT2D eigenvalue weighted by Crippen LogP contribution is 2.21. The Morgan fingerprint density at radius 1 is 1.67 bits per heavy atom. The van der Waals surface area contributed by atoms with Crippen molar-refractivity contribution >= 4 is 16.5 Å². The van der Waals surface area contributed by atoms with Crippen molar-refractivity contribution in [2.75, 3.05) is 32.6 Å². The summed E-state index contributed by atoms with van der Waals surface area (Å²) < 4.78 is 9.27. The van der Waals surface area contributed by atoms with Gasteiger partial charge in [0.2, 0.25) is 0 Å². The average Bonchev–Trinajstić information content (AvgIpc) is 2.87. The van der Waals surface area contributed by atoms with Gasteiger partial charge in [-0.05, 0) is 6.42 Å². The summed E-state index contributed by atoms with van der Waals surface area (Å²) in [5, 5.41) is 8.30. The summed E-state index contributed by atoms with van der Waals surface area (Å²) >= 11 is 1.41. The van der Waals surface area contributed by atoms with Crippen LogP contribution in [0.2, 0.25) is 0 Å². The van der Waals surface area contributed by atoms with E-state index in [1.165, 1.54) is 11.5 Å². The summed E-state index contributed by atoms with van der Waals surface area (Å²) in [7, 11) is 3.68. The first kappa shape index (κ1) is 10.8. The molecule has 2 heterocycles. The zero-order valence-electron chi connectivity index (χ0n) is 9.06. The van der Waals surface area contributed by atoms with Crippen LogP contribution in [0.5, 0.6) is 0 Å². The molecule has 1 aromatic rings. The van der Waals surface area contributed by atoms with Gasteiger partial charge in [-0.1, -0.05) is 4.49 Å². The Balaban J connectivity index is 1.92. The molecule has 1 aliphatic rings. The lowest BCUT2D eigenvalue weighted by molar-refractivity contribution is 0.107. The monoisotopic (exact) mass is 228 g/mol. The predicted octanol–water partition coefficient (Wildman–Crippen LogP) is 0.800. The van der Waals surface area contributed by atoms with Gasteiger partial charge in [0.25, 0.3) is 0 Å². The van der Waals surface area contributed by atoms with Gasteiger partial charge in [0.05, 0.1) is 6.10 Å². The number of rotatable bonds is 4. The first-order valence-electron chi connectivity index (χ1n) is 5.07. The van der Waals surface area contributed by atoms with E-state index in [1.54, 1.807) is 7.11 Å². The van der Waals surface area contributed by atoms with Crippen LogP contribution in [-0.2, 0) is 11.3 Å². The van der Waals surface area contributed by atoms with Crippen molar-refractivity contribution in [2.24, 2.45) is 0 Å². The number of ether oxygens (including phenoxy) is 1. The van der Waals surface area contributed by atoms with E-state index in [4.69, 9.17) is 4.74 Å². The van der Waals surface area contributed by atoms with Crippen LogP contribution in [0.3, 0.4) is 0 Å². The van der Waals surface area contributed by atoms with Crippen molar-refractivity contribution in [3.63, 3.8) is 0 Å². The van der Waals surface area contributed by atoms with Crippen LogP contribution in [0.1, 0.15) is 12.1 Å². The number of nitrogens with zero attached hydrogens (tertiary/aromatic N) is 3. The lowest BCUT2D eigenvalue weighted by atomic mass is 10.3. The SMILES string of the molecule is CNc1snnc1CN1CCC(OC)C1. The van der Waals surface area contributed by atoms with Crippen molar-refractivity contribution < 1.29 is 4.74 Å². The zero-order valence-corrected chi connectivity index (χ0v) is 9.88. The highest BCUT2D eigenvalue weighted by molar-refractivity contribution is 7.10. The van der Waals surface area contributed by atoms with Crippen molar-refractivity contribution in [1.82, 2.24) is 14.5 Å². The highest BCUT2D eigenvalue weighted by atomic mass is 32.1. The summed E-state index contributed by atoms with van der Waals surface area (Å²) in [6.07, 6.45) is 1.50. The second-order valence-corrected chi connectivity index (χ2v) is 4.43. The average molecular weight is 228 g/mol. The topological polar surface area (TPSA) is 50.3 Å². The number of hydrogen-bond donors (Lipinski definition) is 1. The van der Waals surface area contributed by atoms with E-state index in [9.17, 15) is 0 Å². The summed E-state index contributed by atoms with van der Waals surface area (Å²) in [4.78, 5) is 2.35. The molecule has 1 atom stereocenters. The maximum atomic E-state index is 5.33. The number of likely N-dealkylation sites (tertiary alicyclic amines) is 1. The van der Waals surface area contributed by atoms with Crippen LogP contribution in [0, 0.1) is 0 Å². The minimum atomic E-state index is 0.384. The van der Waals surface area contributed by atoms with E-state index in [0.29, 0.717) is 6.10 Å². The number of anilines is 1. The first-order valence-corrected chi connectivity index (χ1v) is 5.85. The van der Waals surface area contributed by atoms with Gasteiger partial charge in [-0.25, -0.2) is 0 Å². The molecule has 0 spiro atoms. The zero-order chi connectivity index (χ0) is 10.7. The molecule has 0 saturated carbocycles. The highest BCUT2D eigenvalue weighted by Gasteiger charge is 2.23. The van der Waals surface area contributed by atoms with E-state index in [-0.39, 0.29) is 0 Å². The van der Waals surface area contributed by atoms with Crippen LogP contribution in [0.15, 0.2) is 0 Å². The Morgan fingerprint density at radius 3 is 3.20 bits per heavy atom. The van der Waals surface area contributed by atoms with Crippen molar-refractivity contribution in [3.8, 4) is 0 Å². The molecule has 0 bridgehead atoms. The van der Waals surface area contributed by atoms with Crippen molar-refractivity contribution in [3.05, 3.63) is 5.69 Å². The fourth-order valence-corrected chi connectivity index (χ4v) is 2.37. The number of hydrogen-bond acceptors (Lipinski definition) is 6. The van der Waals surface area contributed by atoms with Crippen LogP contribution >= 0.6 is 11.5 Å². The second kappa shape index (κ2) is 4.87. The molecule has 0 aliphatic carbocycles. The molecule has 6 heteroatoms. The van der Waals surface area contributed by atoms with Gasteiger partial charge in [-0.2, -0.15) is 0 Å². The molecule has 2 rings (SSSR count). The summed E-state index contributed by atoms with van der Waals surface area (Å²) in [5.74, 6) is 0. The molecular weight excluding hydrogens is 212 g/mol. The van der Waals surface area contributed by atoms with Crippen LogP contribution in [0.25, 0.3) is 0 Å². The van der Waals surface area contributed by atoms with Crippen LogP contribution < -0.4 is 5.32 Å². The molecule has 1 unspecified atom stereocenters. The van der Waals surface area contributed by atoms with Gasteiger partial charge in [0.1, 0.15) is 10.7 Å². The third kappa shape index (κ3) is 2.45. The molecule has 1 fully saturated rings. The molecule has 1 N–H and O–H groups in total. The molecule has 84 valence electrons. The maximum absolute atomic E-state index is 5.33. The summed E-state index contributed by atoms with van der Waals surface area (Å²) in [6.45, 7) is 2.95. The Morgan fingerprint density at radius 2 is 2.53 bits per heavy atom. The Hall–Kier alpha value is -0.720. The van der Waals surface area contributed by atoms with E-state index < -0.39 is 0 Å². The Kier molecular flexibility index (Phi) is 3.50. The fourth-order valence-electron chi connectivity index (χ4n) is 1.85. The quantitative estimate of drug-likeness (QED) is 0.826. The van der Waals surface area contributed by atoms with Gasteiger partial charge in [-0.15, -0.1) is 5.10 Å². The molecule has 0 amide bonds. The standard InChI is InChI=1S/C9H16N4OS/c1-10-9-8(11-12-15-9)6-13-4-3-7(5-13)14-2/h7,10H,3-6H2,1-2H3. The van der Waals surface area contributed by atoms with Gasteiger partial charge < -0.3 is 10.1 Å². The maximum Gasteiger partial charge on any atom is 0.134 e. The largest absolute Gasteiger partial charge is 0.380 e. The summed E-state index contributed by atoms with van der Waals surface area (Å²) in [6, 6.07) is 0. The first-order chi connectivity index (χ1) is 7.33. The van der Waals surface area contributed by atoms with Crippen molar-refractivity contribution in [1.29, 1.82) is 0 Å². The van der Waals surface area contributed by atoms with Crippen LogP contribution in [-0.4, -0.2) is 47.8 Å². The number of methoxy groups -OCH3 is 1. The van der Waals surface area contributed by atoms with Gasteiger partial charge in [0.15, 0.2) is 0 Å². The molecule has 0 radical (unpaired) electrons. The van der Waals surface area contributed by atoms with E-state index in [0.717, 1.165) is 36.8 Å². The van der Waals surface area contributed by atoms with Gasteiger partial charge in [-0.3, -0.25) is 4.90 Å². The molecular formula is C9H16N4OS. The third-order valence-electron chi connectivity index (χ3n) is 2.72. The fraction of sp³-hybridized carbons (Fsp3) is 0.778. The minimum Gasteiger partial charge on any atom is -0.380 e. The molecule has 5 nitrogen and oxygen atoms in total. The smallest absolute Gasteiger partial charge is 0.134 e. The molecule has 1 aromatic heterocycles. The molecule has 1 saturated heterocycles. The van der Waals surface area contributed by atoms with Gasteiger partial charge in [0, 0.05) is 45.3 Å². The second-order valence-electron chi connectivity index (χ2n) is 3.68. The normalized spacial score (nSPS) is 22.1. The summed E-state index contributed by atoms with van der Waals surface area (Å²) in [5.41, 5.74) is 1.04. The van der Waals surface area contributed by atoms with Crippen LogP contribution in [0.4, 0.5) is 5.00 Å².